The van der Waals surface area contributed by atoms with Crippen molar-refractivity contribution in [3.63, 3.8) is 0 Å². The van der Waals surface area contributed by atoms with Crippen LogP contribution in [0.3, 0.4) is 0 Å². The van der Waals surface area contributed by atoms with E-state index < -0.39 is 95.2 Å². The number of carbonyl (C=O) groups is 3. The van der Waals surface area contributed by atoms with Crippen molar-refractivity contribution in [2.24, 2.45) is 10.8 Å². The normalized spacial score (nSPS) is 36.7. The van der Waals surface area contributed by atoms with Crippen molar-refractivity contribution in [1.29, 1.82) is 0 Å². The highest BCUT2D eigenvalue weighted by molar-refractivity contribution is 5.84. The summed E-state index contributed by atoms with van der Waals surface area (Å²) in [6, 6.07) is 0. The summed E-state index contributed by atoms with van der Waals surface area (Å²) in [5, 5.41) is 47.9. The Hall–Kier alpha value is -3.63. The van der Waals surface area contributed by atoms with E-state index in [0.717, 1.165) is 24.8 Å². The molecule has 0 aliphatic carbocycles. The Bertz CT molecular complexity index is 1720. The molecule has 0 spiro atoms. The number of carbonyl (C=O) groups excluding carboxylic acids is 3. The molecule has 3 fully saturated rings. The second kappa shape index (κ2) is 21.8. The van der Waals surface area contributed by atoms with Crippen LogP contribution in [0.15, 0.2) is 72.1 Å². The fourth-order valence-corrected chi connectivity index (χ4v) is 8.80. The molecule has 4 N–H and O–H groups in total. The average molecular weight is 873 g/mol. The molecule has 4 aliphatic rings. The van der Waals surface area contributed by atoms with Crippen molar-refractivity contribution < 1.29 is 68.0 Å². The predicted octanol–water partition coefficient (Wildman–Crippen LogP) is 6.50. The first-order valence-corrected chi connectivity index (χ1v) is 22.1. The molecule has 4 rings (SSSR count). The summed E-state index contributed by atoms with van der Waals surface area (Å²) in [7, 11) is 1.22. The van der Waals surface area contributed by atoms with E-state index in [0.29, 0.717) is 12.8 Å². The maximum Gasteiger partial charge on any atom is 0.331 e. The fourth-order valence-electron chi connectivity index (χ4n) is 8.80. The van der Waals surface area contributed by atoms with Crippen molar-refractivity contribution in [2.45, 2.75) is 193 Å². The highest BCUT2D eigenvalue weighted by Gasteiger charge is 2.59. The smallest absolute Gasteiger partial charge is 0.331 e. The second-order valence-corrected chi connectivity index (χ2v) is 18.4. The third-order valence-corrected chi connectivity index (χ3v) is 12.5. The van der Waals surface area contributed by atoms with Gasteiger partial charge in [0.15, 0.2) is 11.9 Å². The summed E-state index contributed by atoms with van der Waals surface area (Å²) < 4.78 is 42.8. The predicted molar refractivity (Wildman–Crippen MR) is 231 cm³/mol. The van der Waals surface area contributed by atoms with Crippen LogP contribution in [0.2, 0.25) is 0 Å². The molecular formula is C48H72O14. The zero-order valence-electron chi connectivity index (χ0n) is 38.2. The second-order valence-electron chi connectivity index (χ2n) is 18.4. The Balaban J connectivity index is 1.86. The zero-order chi connectivity index (χ0) is 46.0. The van der Waals surface area contributed by atoms with Gasteiger partial charge in [-0.1, -0.05) is 96.6 Å². The summed E-state index contributed by atoms with van der Waals surface area (Å²) in [5.74, 6) is -6.08. The third kappa shape index (κ3) is 13.0. The van der Waals surface area contributed by atoms with Gasteiger partial charge in [0.25, 0.3) is 0 Å². The van der Waals surface area contributed by atoms with Gasteiger partial charge in [-0.15, -0.1) is 0 Å². The van der Waals surface area contributed by atoms with Gasteiger partial charge in [0, 0.05) is 56.6 Å². The summed E-state index contributed by atoms with van der Waals surface area (Å²) in [6.45, 7) is 17.9. The van der Waals surface area contributed by atoms with Crippen molar-refractivity contribution in [3.05, 3.63) is 72.1 Å². The van der Waals surface area contributed by atoms with E-state index in [9.17, 15) is 34.8 Å². The first-order valence-electron chi connectivity index (χ1n) is 22.1. The molecule has 0 aromatic carbocycles. The summed E-state index contributed by atoms with van der Waals surface area (Å²) in [4.78, 5) is 38.7. The number of ether oxygens (including phenoxy) is 7. The van der Waals surface area contributed by atoms with Gasteiger partial charge in [0.05, 0.1) is 54.9 Å². The summed E-state index contributed by atoms with van der Waals surface area (Å²) in [5.41, 5.74) is -1.16. The number of hydrogen-bond acceptors (Lipinski definition) is 14. The first-order chi connectivity index (χ1) is 29.1. The molecule has 0 saturated carbocycles. The van der Waals surface area contributed by atoms with Gasteiger partial charge in [-0.3, -0.25) is 4.79 Å². The number of hydrogen-bond donors (Lipinski definition) is 4. The standard InChI is InChI=1S/C48H72O14/c1-11-13-14-15-16-18-42(52)60-44-34(25-43(53)56-10)24-37-27-40(31(4)49)57-30(3)21-35(51)26-38-28-41(58-32(5)50)46(8,9)47(54,61-38)29-39-23-33(17-12-2)22-36(59-39)19-20-45(6,7)48(44,55)62-37/h14-20,25,31,35-41,44,49,51,54-55H,3,11-13,21-24,26-29H2,1-2,4-10H3/b15-14+,18-16+,20-19+,33-17+,34-25+/t31-,35?,36+,37+,38-,39+,40-,41+,44+,47+,48-/m1/s1. The van der Waals surface area contributed by atoms with Crippen LogP contribution >= 0.6 is 0 Å². The molecule has 6 bridgehead atoms. The quantitative estimate of drug-likeness (QED) is 0.0644. The maximum absolute atomic E-state index is 13.4. The maximum atomic E-state index is 13.4. The molecule has 0 aromatic heterocycles. The van der Waals surface area contributed by atoms with Gasteiger partial charge in [-0.2, -0.15) is 0 Å². The molecule has 14 heteroatoms. The molecule has 4 heterocycles. The minimum atomic E-state index is -2.32. The van der Waals surface area contributed by atoms with E-state index in [1.54, 1.807) is 39.8 Å². The van der Waals surface area contributed by atoms with Crippen LogP contribution in [0.4, 0.5) is 0 Å². The lowest BCUT2D eigenvalue weighted by Gasteiger charge is -2.53. The Labute approximate surface area is 367 Å². The number of fused-ring (bicyclic) bond motifs is 6. The molecule has 0 radical (unpaired) electrons. The first kappa shape index (κ1) is 51.0. The molecule has 4 aliphatic heterocycles. The number of esters is 3. The van der Waals surface area contributed by atoms with Crippen LogP contribution in [0, 0.1) is 10.8 Å². The number of aliphatic hydroxyl groups excluding tert-OH is 2. The highest BCUT2D eigenvalue weighted by Crippen LogP contribution is 2.50. The lowest BCUT2D eigenvalue weighted by atomic mass is 9.70. The zero-order valence-corrected chi connectivity index (χ0v) is 38.2. The van der Waals surface area contributed by atoms with Gasteiger partial charge in [0.1, 0.15) is 12.2 Å². The van der Waals surface area contributed by atoms with Crippen LogP contribution in [-0.2, 0) is 47.5 Å². The van der Waals surface area contributed by atoms with E-state index in [1.165, 1.54) is 39.2 Å². The lowest BCUT2D eigenvalue weighted by molar-refractivity contribution is -0.348. The number of aliphatic hydroxyl groups is 4. The largest absolute Gasteiger partial charge is 0.493 e. The van der Waals surface area contributed by atoms with Crippen molar-refractivity contribution in [1.82, 2.24) is 0 Å². The Morgan fingerprint density at radius 1 is 0.952 bits per heavy atom. The summed E-state index contributed by atoms with van der Waals surface area (Å²) >= 11 is 0. The highest BCUT2D eigenvalue weighted by atomic mass is 16.7. The van der Waals surface area contributed by atoms with Crippen LogP contribution < -0.4 is 0 Å². The van der Waals surface area contributed by atoms with E-state index in [2.05, 4.69) is 12.7 Å². The van der Waals surface area contributed by atoms with E-state index in [4.69, 9.17) is 33.2 Å². The monoisotopic (exact) mass is 872 g/mol. The molecule has 14 nitrogen and oxygen atoms in total. The van der Waals surface area contributed by atoms with Gasteiger partial charge < -0.3 is 53.6 Å². The third-order valence-electron chi connectivity index (χ3n) is 12.5. The molecule has 3 saturated heterocycles. The number of rotatable bonds is 9. The molecule has 0 aromatic rings. The van der Waals surface area contributed by atoms with Gasteiger partial charge in [0.2, 0.25) is 5.79 Å². The fraction of sp³-hybridized carbons (Fsp3) is 0.688. The van der Waals surface area contributed by atoms with Crippen LogP contribution in [0.25, 0.3) is 0 Å². The Morgan fingerprint density at radius 3 is 2.32 bits per heavy atom. The molecule has 0 amide bonds. The molecular weight excluding hydrogens is 801 g/mol. The van der Waals surface area contributed by atoms with E-state index >= 15 is 0 Å². The average Bonchev–Trinajstić information content (AvgIpc) is 3.16. The van der Waals surface area contributed by atoms with Crippen LogP contribution in [0.1, 0.15) is 126 Å². The Kier molecular flexibility index (Phi) is 18.0. The summed E-state index contributed by atoms with van der Waals surface area (Å²) in [6.07, 6.45) is 8.75. The van der Waals surface area contributed by atoms with E-state index in [1.807, 2.05) is 26.0 Å². The minimum absolute atomic E-state index is 0.000618. The SMILES string of the molecule is C=C1CC(O)C[C@@H]2C[C@H](OC(C)=O)C(C)(C)[C@](O)(C[C@@H]3C/C(=C/CC)C[C@H](/C=C/C(C)(C)[C@]4(O)O[C@@H](C/C(=C\C(=O)OC)[C@@H]4OC(=O)/C=C/C=C/CCC)C[C@H]([C@@H](C)O)O1)O3)O2. The van der Waals surface area contributed by atoms with Crippen molar-refractivity contribution in [3.8, 4) is 0 Å². The number of unbranched alkanes of at least 4 members (excludes halogenated alkanes) is 1. The van der Waals surface area contributed by atoms with Crippen molar-refractivity contribution in [2.75, 3.05) is 7.11 Å². The Morgan fingerprint density at radius 2 is 1.68 bits per heavy atom. The number of allylic oxidation sites excluding steroid dienone is 4. The van der Waals surface area contributed by atoms with Crippen molar-refractivity contribution >= 4 is 17.9 Å². The molecule has 62 heavy (non-hydrogen) atoms. The molecule has 11 atom stereocenters. The van der Waals surface area contributed by atoms with Gasteiger partial charge >= 0.3 is 17.9 Å². The van der Waals surface area contributed by atoms with Crippen LogP contribution in [-0.4, -0.2) is 112 Å². The van der Waals surface area contributed by atoms with E-state index in [-0.39, 0.29) is 49.9 Å². The molecule has 1 unspecified atom stereocenters. The van der Waals surface area contributed by atoms with Crippen LogP contribution in [0.5, 0.6) is 0 Å². The lowest BCUT2D eigenvalue weighted by Crippen LogP contribution is -2.62. The topological polar surface area (TPSA) is 197 Å². The van der Waals surface area contributed by atoms with Gasteiger partial charge in [-0.05, 0) is 44.6 Å². The molecule has 348 valence electrons. The minimum Gasteiger partial charge on any atom is -0.493 e. The number of methoxy groups -OCH3 is 1. The van der Waals surface area contributed by atoms with Gasteiger partial charge in [-0.25, -0.2) is 9.59 Å².